The molecule has 1 aliphatic rings. The molecule has 0 spiro atoms. The number of nitrogens with one attached hydrogen (secondary N) is 2. The predicted octanol–water partition coefficient (Wildman–Crippen LogP) is 1.56. The van der Waals surface area contributed by atoms with Crippen LogP contribution in [0.15, 0.2) is 41.4 Å². The maximum Gasteiger partial charge on any atom is 0.253 e. The standard InChI is InChI=1S/C21H29N5O/c1-22-15-24-16-23-8-7-17-3-4-19-14-20(6-5-18(19)13-17)21(27)26-11-9-25(2)10-12-26/h3-6,13-15,23H,7-12,16H2,1-2H3,(H,22,24). The van der Waals surface area contributed by atoms with Gasteiger partial charge in [0.25, 0.3) is 5.91 Å². The minimum atomic E-state index is 0.140. The van der Waals surface area contributed by atoms with Crippen LogP contribution in [0.2, 0.25) is 0 Å². The number of aliphatic imine (C=N–C) groups is 1. The lowest BCUT2D eigenvalue weighted by atomic mass is 10.0. The van der Waals surface area contributed by atoms with Crippen molar-refractivity contribution >= 4 is 23.0 Å². The zero-order valence-corrected chi connectivity index (χ0v) is 16.2. The highest BCUT2D eigenvalue weighted by molar-refractivity contribution is 5.98. The lowest BCUT2D eigenvalue weighted by molar-refractivity contribution is 0.0664. The van der Waals surface area contributed by atoms with Crippen molar-refractivity contribution in [1.82, 2.24) is 20.4 Å². The summed E-state index contributed by atoms with van der Waals surface area (Å²) in [6, 6.07) is 12.5. The van der Waals surface area contributed by atoms with Gasteiger partial charge in [-0.1, -0.05) is 24.3 Å². The maximum absolute atomic E-state index is 12.8. The molecule has 6 nitrogen and oxygen atoms in total. The molecule has 1 aliphatic heterocycles. The lowest BCUT2D eigenvalue weighted by Crippen LogP contribution is -2.47. The Morgan fingerprint density at radius 1 is 1.11 bits per heavy atom. The zero-order chi connectivity index (χ0) is 19.1. The Hall–Kier alpha value is -2.44. The highest BCUT2D eigenvalue weighted by Gasteiger charge is 2.20. The molecule has 1 saturated heterocycles. The second-order valence-corrected chi connectivity index (χ2v) is 7.01. The monoisotopic (exact) mass is 367 g/mol. The van der Waals surface area contributed by atoms with Gasteiger partial charge in [-0.25, -0.2) is 0 Å². The van der Waals surface area contributed by atoms with Crippen LogP contribution in [-0.4, -0.2) is 75.5 Å². The van der Waals surface area contributed by atoms with E-state index in [1.807, 2.05) is 17.0 Å². The number of benzene rings is 2. The van der Waals surface area contributed by atoms with E-state index in [4.69, 9.17) is 0 Å². The molecule has 0 unspecified atom stereocenters. The summed E-state index contributed by atoms with van der Waals surface area (Å²) in [4.78, 5) is 20.8. The van der Waals surface area contributed by atoms with Gasteiger partial charge in [0.15, 0.2) is 0 Å². The summed E-state index contributed by atoms with van der Waals surface area (Å²) < 4.78 is 0. The molecule has 2 N–H and O–H groups in total. The van der Waals surface area contributed by atoms with E-state index in [9.17, 15) is 4.79 Å². The number of nitrogens with zero attached hydrogens (tertiary/aromatic N) is 3. The molecule has 0 bridgehead atoms. The first-order valence-electron chi connectivity index (χ1n) is 9.52. The normalized spacial score (nSPS) is 15.6. The summed E-state index contributed by atoms with van der Waals surface area (Å²) >= 11 is 0. The van der Waals surface area contributed by atoms with Crippen LogP contribution < -0.4 is 10.6 Å². The lowest BCUT2D eigenvalue weighted by Gasteiger charge is -2.32. The second-order valence-electron chi connectivity index (χ2n) is 7.01. The average Bonchev–Trinajstić information content (AvgIpc) is 2.70. The molecule has 1 amide bonds. The summed E-state index contributed by atoms with van der Waals surface area (Å²) in [6.45, 7) is 5.10. The number of hydrogen-bond acceptors (Lipinski definition) is 4. The molecule has 0 saturated carbocycles. The third-order valence-corrected chi connectivity index (χ3v) is 4.98. The first-order chi connectivity index (χ1) is 13.2. The highest BCUT2D eigenvalue weighted by Crippen LogP contribution is 2.20. The summed E-state index contributed by atoms with van der Waals surface area (Å²) in [5.74, 6) is 0.140. The van der Waals surface area contributed by atoms with Gasteiger partial charge in [-0.3, -0.25) is 15.1 Å². The third kappa shape index (κ3) is 5.28. The summed E-state index contributed by atoms with van der Waals surface area (Å²) in [6.07, 6.45) is 2.65. The molecule has 0 atom stereocenters. The average molecular weight is 367 g/mol. The van der Waals surface area contributed by atoms with E-state index in [0.717, 1.165) is 50.1 Å². The van der Waals surface area contributed by atoms with E-state index in [0.29, 0.717) is 6.67 Å². The Kier molecular flexibility index (Phi) is 6.79. The molecule has 3 rings (SSSR count). The van der Waals surface area contributed by atoms with Gasteiger partial charge in [0.2, 0.25) is 0 Å². The summed E-state index contributed by atoms with van der Waals surface area (Å²) in [7, 11) is 3.84. The fraction of sp³-hybridized carbons (Fsp3) is 0.429. The summed E-state index contributed by atoms with van der Waals surface area (Å²) in [5, 5.41) is 8.68. The van der Waals surface area contributed by atoms with Gasteiger partial charge < -0.3 is 15.1 Å². The van der Waals surface area contributed by atoms with Crippen LogP contribution in [0, 0.1) is 0 Å². The van der Waals surface area contributed by atoms with Crippen molar-refractivity contribution in [1.29, 1.82) is 0 Å². The number of amides is 1. The van der Waals surface area contributed by atoms with Crippen LogP contribution in [0.25, 0.3) is 10.8 Å². The topological polar surface area (TPSA) is 60.0 Å². The Labute approximate surface area is 161 Å². The fourth-order valence-corrected chi connectivity index (χ4v) is 3.31. The minimum Gasteiger partial charge on any atom is -0.364 e. The van der Waals surface area contributed by atoms with Gasteiger partial charge in [0.05, 0.1) is 13.0 Å². The molecule has 27 heavy (non-hydrogen) atoms. The van der Waals surface area contributed by atoms with E-state index in [1.54, 1.807) is 13.4 Å². The van der Waals surface area contributed by atoms with Gasteiger partial charge in [-0.15, -0.1) is 0 Å². The zero-order valence-electron chi connectivity index (χ0n) is 16.2. The largest absolute Gasteiger partial charge is 0.364 e. The number of carbonyl (C=O) groups is 1. The summed E-state index contributed by atoms with van der Waals surface area (Å²) in [5.41, 5.74) is 2.07. The minimum absolute atomic E-state index is 0.140. The number of rotatable bonds is 7. The number of fused-ring (bicyclic) bond motifs is 1. The van der Waals surface area contributed by atoms with Crippen molar-refractivity contribution in [3.05, 3.63) is 47.5 Å². The molecule has 0 aliphatic carbocycles. The Morgan fingerprint density at radius 2 is 1.85 bits per heavy atom. The number of carbonyl (C=O) groups excluding carboxylic acids is 1. The molecule has 0 aromatic heterocycles. The van der Waals surface area contributed by atoms with E-state index in [-0.39, 0.29) is 5.91 Å². The van der Waals surface area contributed by atoms with Gasteiger partial charge >= 0.3 is 0 Å². The van der Waals surface area contributed by atoms with E-state index in [1.165, 1.54) is 10.9 Å². The van der Waals surface area contributed by atoms with Crippen LogP contribution in [0.5, 0.6) is 0 Å². The van der Waals surface area contributed by atoms with Crippen molar-refractivity contribution in [2.45, 2.75) is 6.42 Å². The molecule has 1 fully saturated rings. The van der Waals surface area contributed by atoms with Crippen molar-refractivity contribution < 1.29 is 4.79 Å². The van der Waals surface area contributed by atoms with Gasteiger partial charge in [0, 0.05) is 45.3 Å². The fourth-order valence-electron chi connectivity index (χ4n) is 3.31. The van der Waals surface area contributed by atoms with Crippen LogP contribution in [0.4, 0.5) is 0 Å². The Morgan fingerprint density at radius 3 is 2.63 bits per heavy atom. The van der Waals surface area contributed by atoms with Gasteiger partial charge in [-0.2, -0.15) is 0 Å². The number of likely N-dealkylation sites (N-methyl/N-ethyl adjacent to an activating group) is 1. The van der Waals surface area contributed by atoms with Crippen LogP contribution >= 0.6 is 0 Å². The van der Waals surface area contributed by atoms with Crippen molar-refractivity contribution in [2.75, 3.05) is 53.5 Å². The van der Waals surface area contributed by atoms with Gasteiger partial charge in [-0.05, 0) is 41.9 Å². The molecule has 0 radical (unpaired) electrons. The van der Waals surface area contributed by atoms with E-state index in [2.05, 4.69) is 51.8 Å². The first kappa shape index (κ1) is 19.3. The molecule has 2 aromatic rings. The van der Waals surface area contributed by atoms with Crippen LogP contribution in [0.3, 0.4) is 0 Å². The maximum atomic E-state index is 12.8. The second kappa shape index (κ2) is 9.48. The van der Waals surface area contributed by atoms with Crippen LogP contribution in [0.1, 0.15) is 15.9 Å². The Bertz CT molecular complexity index is 796. The molecular formula is C21H29N5O. The van der Waals surface area contributed by atoms with Gasteiger partial charge in [0.1, 0.15) is 0 Å². The quantitative estimate of drug-likeness (QED) is 0.338. The van der Waals surface area contributed by atoms with E-state index >= 15 is 0 Å². The number of hydrogen-bond donors (Lipinski definition) is 2. The van der Waals surface area contributed by atoms with Crippen LogP contribution in [-0.2, 0) is 6.42 Å². The van der Waals surface area contributed by atoms with E-state index < -0.39 is 0 Å². The molecule has 144 valence electrons. The van der Waals surface area contributed by atoms with Crippen molar-refractivity contribution in [2.24, 2.45) is 4.99 Å². The van der Waals surface area contributed by atoms with Crippen molar-refractivity contribution in [3.8, 4) is 0 Å². The third-order valence-electron chi connectivity index (χ3n) is 4.98. The molecule has 1 heterocycles. The van der Waals surface area contributed by atoms with Crippen molar-refractivity contribution in [3.63, 3.8) is 0 Å². The SMILES string of the molecule is CN=CNCNCCc1ccc2cc(C(=O)N3CCN(C)CC3)ccc2c1. The predicted molar refractivity (Wildman–Crippen MR) is 111 cm³/mol. The molecule has 6 heteroatoms. The molecular weight excluding hydrogens is 338 g/mol. The molecule has 2 aromatic carbocycles. The number of piperazine rings is 1. The first-order valence-corrected chi connectivity index (χ1v) is 9.52. The smallest absolute Gasteiger partial charge is 0.253 e. The highest BCUT2D eigenvalue weighted by atomic mass is 16.2. The Balaban J connectivity index is 1.60.